The third-order valence-electron chi connectivity index (χ3n) is 12.2. The zero-order chi connectivity index (χ0) is 37.1. The van der Waals surface area contributed by atoms with Gasteiger partial charge in [-0.05, 0) is 104 Å². The van der Waals surface area contributed by atoms with Crippen LogP contribution in [-0.4, -0.2) is 93.8 Å². The molecule has 5 rings (SSSR count). The Balaban J connectivity index is 1.24. The van der Waals surface area contributed by atoms with Crippen molar-refractivity contribution >= 4 is 11.9 Å². The van der Waals surface area contributed by atoms with E-state index < -0.39 is 34.9 Å². The van der Waals surface area contributed by atoms with E-state index in [2.05, 4.69) is 44.5 Å². The highest BCUT2D eigenvalue weighted by atomic mass is 16.6. The van der Waals surface area contributed by atoms with E-state index in [-0.39, 0.29) is 54.6 Å². The van der Waals surface area contributed by atoms with E-state index in [4.69, 9.17) is 35.2 Å². The molecule has 0 aromatic heterocycles. The second-order valence-electron chi connectivity index (χ2n) is 16.4. The van der Waals surface area contributed by atoms with Crippen molar-refractivity contribution in [3.8, 4) is 0 Å². The first-order valence-electron chi connectivity index (χ1n) is 19.0. The third-order valence-corrected chi connectivity index (χ3v) is 12.2. The first-order chi connectivity index (χ1) is 24.0. The predicted molar refractivity (Wildman–Crippen MR) is 197 cm³/mol. The van der Waals surface area contributed by atoms with E-state index in [9.17, 15) is 15.0 Å². The van der Waals surface area contributed by atoms with Gasteiger partial charge >= 0.3 is 0 Å². The van der Waals surface area contributed by atoms with Crippen LogP contribution >= 0.6 is 0 Å². The van der Waals surface area contributed by atoms with Crippen LogP contribution in [0.25, 0.3) is 0 Å². The molecule has 0 aromatic carbocycles. The molecule has 0 aromatic rings. The average Bonchev–Trinajstić information content (AvgIpc) is 3.30. The van der Waals surface area contributed by atoms with Crippen molar-refractivity contribution < 1.29 is 38.7 Å². The number of rotatable bonds is 9. The Labute approximate surface area is 304 Å². The van der Waals surface area contributed by atoms with E-state index in [1.165, 1.54) is 6.08 Å². The molecule has 51 heavy (non-hydrogen) atoms. The van der Waals surface area contributed by atoms with Gasteiger partial charge in [-0.2, -0.15) is 4.99 Å². The zero-order valence-electron chi connectivity index (χ0n) is 31.6. The highest BCUT2D eigenvalue weighted by Crippen LogP contribution is 2.49. The van der Waals surface area contributed by atoms with Gasteiger partial charge in [0, 0.05) is 18.9 Å². The molecule has 1 amide bonds. The number of hydrogen-bond acceptors (Lipinski definition) is 8. The number of allylic oxidation sites excluding steroid dienone is 6. The first-order valence-corrected chi connectivity index (χ1v) is 19.0. The SMILES string of the molecule is C=CC=CCCC1OC2CCC3(C)OC4C(O)CC5(C)OC(CCC=C(C)/C(C)=C/C(=O)N=C(N)N)C(C)CC5OC4CC3OC2CCC1(C)O. The Morgan fingerprint density at radius 3 is 2.33 bits per heavy atom. The molecule has 286 valence electrons. The molecular weight excluding hydrogens is 650 g/mol. The number of nitrogens with two attached hydrogens (primary N) is 2. The Bertz CT molecular complexity index is 1370. The van der Waals surface area contributed by atoms with E-state index in [0.29, 0.717) is 25.7 Å². The standard InChI is InChI=1S/C40H63N3O8/c1-8-9-10-11-15-32-38(5,46)18-16-29-30(47-32)17-19-39(6)34(48-29)22-31-36(51-39)27(44)23-40(7)33(49-31)20-26(4)28(50-40)14-12-13-24(2)25(3)21-35(45)43-37(41)42/h8-10,13,21,26-34,36,44,46H,1,11-12,14-20,22-23H2,2-7H3,(H4,41,42,43,45)/b10-9?,24-13?,25-21+. The number of fused-ring (bicyclic) bond motifs is 4. The molecule has 0 saturated carbocycles. The fourth-order valence-electron chi connectivity index (χ4n) is 8.86. The largest absolute Gasteiger partial charge is 0.390 e. The van der Waals surface area contributed by atoms with Gasteiger partial charge in [0.15, 0.2) is 5.96 Å². The number of aliphatic hydroxyl groups excluding tert-OH is 1. The summed E-state index contributed by atoms with van der Waals surface area (Å²) in [7, 11) is 0. The average molecular weight is 714 g/mol. The topological polar surface area (TPSA) is 168 Å². The Kier molecular flexibility index (Phi) is 12.7. The van der Waals surface area contributed by atoms with Crippen LogP contribution in [0.4, 0.5) is 0 Å². The number of hydrogen-bond donors (Lipinski definition) is 4. The van der Waals surface area contributed by atoms with Gasteiger partial charge in [-0.1, -0.05) is 43.4 Å². The summed E-state index contributed by atoms with van der Waals surface area (Å²) in [5, 5.41) is 23.1. The van der Waals surface area contributed by atoms with Gasteiger partial charge in [-0.15, -0.1) is 0 Å². The summed E-state index contributed by atoms with van der Waals surface area (Å²) < 4.78 is 34.2. The number of carbonyl (C=O) groups is 1. The smallest absolute Gasteiger partial charge is 0.273 e. The van der Waals surface area contributed by atoms with Crippen molar-refractivity contribution in [2.45, 2.75) is 184 Å². The van der Waals surface area contributed by atoms with Crippen LogP contribution in [0.1, 0.15) is 112 Å². The lowest BCUT2D eigenvalue weighted by molar-refractivity contribution is -0.273. The van der Waals surface area contributed by atoms with Gasteiger partial charge in [0.1, 0.15) is 6.10 Å². The molecule has 5 aliphatic heterocycles. The van der Waals surface area contributed by atoms with Crippen molar-refractivity contribution in [2.24, 2.45) is 22.4 Å². The maximum absolute atomic E-state index is 12.0. The monoisotopic (exact) mass is 713 g/mol. The summed E-state index contributed by atoms with van der Waals surface area (Å²) in [5.74, 6) is -0.497. The Hall–Kier alpha value is -2.38. The fraction of sp³-hybridized carbons (Fsp3) is 0.750. The van der Waals surface area contributed by atoms with Gasteiger partial charge in [0.05, 0.1) is 65.6 Å². The molecule has 0 spiro atoms. The summed E-state index contributed by atoms with van der Waals surface area (Å²) in [4.78, 5) is 15.5. The fourth-order valence-corrected chi connectivity index (χ4v) is 8.86. The molecule has 13 atom stereocenters. The number of ether oxygens (including phenoxy) is 5. The number of amides is 1. The van der Waals surface area contributed by atoms with Crippen LogP contribution in [0.5, 0.6) is 0 Å². The molecular formula is C40H63N3O8. The second kappa shape index (κ2) is 16.3. The molecule has 0 radical (unpaired) electrons. The van der Waals surface area contributed by atoms with E-state index >= 15 is 0 Å². The van der Waals surface area contributed by atoms with Gasteiger partial charge in [0.25, 0.3) is 5.91 Å². The van der Waals surface area contributed by atoms with Gasteiger partial charge in [0.2, 0.25) is 0 Å². The maximum atomic E-state index is 12.0. The predicted octanol–water partition coefficient (Wildman–Crippen LogP) is 5.08. The lowest BCUT2D eigenvalue weighted by atomic mass is 9.79. The van der Waals surface area contributed by atoms with Crippen LogP contribution in [0, 0.1) is 5.92 Å². The van der Waals surface area contributed by atoms with Crippen LogP contribution in [0.3, 0.4) is 0 Å². The maximum Gasteiger partial charge on any atom is 0.273 e. The van der Waals surface area contributed by atoms with Crippen molar-refractivity contribution in [3.63, 3.8) is 0 Å². The Morgan fingerprint density at radius 1 is 0.922 bits per heavy atom. The molecule has 5 heterocycles. The lowest BCUT2D eigenvalue weighted by Crippen LogP contribution is -2.59. The van der Waals surface area contributed by atoms with Gasteiger partial charge in [-0.25, -0.2) is 0 Å². The summed E-state index contributed by atoms with van der Waals surface area (Å²) in [6, 6.07) is 0. The minimum Gasteiger partial charge on any atom is -0.390 e. The summed E-state index contributed by atoms with van der Waals surface area (Å²) in [6.45, 7) is 15.8. The molecule has 5 fully saturated rings. The molecule has 5 aliphatic rings. The third kappa shape index (κ3) is 9.41. The summed E-state index contributed by atoms with van der Waals surface area (Å²) in [5.41, 5.74) is 10.2. The molecule has 11 nitrogen and oxygen atoms in total. The second-order valence-corrected chi connectivity index (χ2v) is 16.4. The number of aliphatic imine (C=N–C) groups is 1. The Morgan fingerprint density at radius 2 is 1.61 bits per heavy atom. The number of nitrogens with zero attached hydrogens (tertiary/aromatic N) is 1. The number of carbonyl (C=O) groups excluding carboxylic acids is 1. The molecule has 0 bridgehead atoms. The van der Waals surface area contributed by atoms with Crippen LogP contribution < -0.4 is 11.5 Å². The minimum absolute atomic E-state index is 0.0159. The lowest BCUT2D eigenvalue weighted by Gasteiger charge is -2.49. The summed E-state index contributed by atoms with van der Waals surface area (Å²) in [6.07, 6.45) is 14.4. The van der Waals surface area contributed by atoms with Crippen molar-refractivity contribution in [2.75, 3.05) is 0 Å². The van der Waals surface area contributed by atoms with Crippen molar-refractivity contribution in [1.82, 2.24) is 0 Å². The minimum atomic E-state index is -0.940. The van der Waals surface area contributed by atoms with E-state index in [1.54, 1.807) is 6.08 Å². The van der Waals surface area contributed by atoms with Crippen LogP contribution in [0.15, 0.2) is 53.1 Å². The molecule has 13 unspecified atom stereocenters. The van der Waals surface area contributed by atoms with Crippen LogP contribution in [0.2, 0.25) is 0 Å². The summed E-state index contributed by atoms with van der Waals surface area (Å²) >= 11 is 0. The molecule has 6 N–H and O–H groups in total. The molecule has 0 aliphatic carbocycles. The highest BCUT2D eigenvalue weighted by molar-refractivity contribution is 5.98. The highest BCUT2D eigenvalue weighted by Gasteiger charge is 2.58. The van der Waals surface area contributed by atoms with Gasteiger partial charge < -0.3 is 45.4 Å². The number of guanidine groups is 1. The van der Waals surface area contributed by atoms with E-state index in [0.717, 1.165) is 56.1 Å². The quantitative estimate of drug-likeness (QED) is 0.110. The van der Waals surface area contributed by atoms with Crippen LogP contribution in [-0.2, 0) is 28.5 Å². The van der Waals surface area contributed by atoms with Gasteiger partial charge in [-0.3, -0.25) is 4.79 Å². The zero-order valence-corrected chi connectivity index (χ0v) is 31.6. The normalized spacial score (nSPS) is 43.4. The molecule has 5 saturated heterocycles. The van der Waals surface area contributed by atoms with Crippen molar-refractivity contribution in [1.29, 1.82) is 0 Å². The first kappa shape index (κ1) is 39.8. The van der Waals surface area contributed by atoms with Crippen molar-refractivity contribution in [3.05, 3.63) is 48.1 Å². The number of aliphatic hydroxyl groups is 2. The van der Waals surface area contributed by atoms with E-state index in [1.807, 2.05) is 26.8 Å². The molecule has 11 heteroatoms.